The van der Waals surface area contributed by atoms with Gasteiger partial charge in [-0.3, -0.25) is 28.9 Å². The van der Waals surface area contributed by atoms with Crippen LogP contribution in [-0.2, 0) is 38.1 Å². The standard InChI is InChI=1S/C19H18BrNO9/c1-8(22)28-14-7-27-19(17(30-10(3)24)16(14)29-9(2)23)21-13-5-4-11(20)6-12(13)15(25)18(21)26/h4-6,14,16-17,19H,7H2,1-3H3. The monoisotopic (exact) mass is 483 g/mol. The van der Waals surface area contributed by atoms with Gasteiger partial charge in [0.1, 0.15) is 0 Å². The summed E-state index contributed by atoms with van der Waals surface area (Å²) in [7, 11) is 0. The Kier molecular flexibility index (Phi) is 6.22. The maximum atomic E-state index is 12.7. The molecule has 4 atom stereocenters. The fourth-order valence-corrected chi connectivity index (χ4v) is 3.79. The lowest BCUT2D eigenvalue weighted by atomic mass is 10.0. The SMILES string of the molecule is CC(=O)OC1COC(N2C(=O)C(=O)c3cc(Br)ccc32)C(OC(C)=O)C1OC(C)=O. The molecule has 1 amide bonds. The van der Waals surface area contributed by atoms with E-state index in [2.05, 4.69) is 15.9 Å². The Balaban J connectivity index is 2.04. The Morgan fingerprint density at radius 2 is 1.60 bits per heavy atom. The molecular formula is C19H18BrNO9. The van der Waals surface area contributed by atoms with Crippen molar-refractivity contribution in [3.63, 3.8) is 0 Å². The van der Waals surface area contributed by atoms with Crippen molar-refractivity contribution in [3.05, 3.63) is 28.2 Å². The van der Waals surface area contributed by atoms with Crippen molar-refractivity contribution in [2.45, 2.75) is 45.3 Å². The van der Waals surface area contributed by atoms with Crippen LogP contribution in [0.25, 0.3) is 0 Å². The summed E-state index contributed by atoms with van der Waals surface area (Å²) in [6.07, 6.45) is -4.97. The van der Waals surface area contributed by atoms with Crippen molar-refractivity contribution in [3.8, 4) is 0 Å². The van der Waals surface area contributed by atoms with E-state index in [1.54, 1.807) is 6.07 Å². The molecule has 1 aromatic carbocycles. The number of nitrogens with zero attached hydrogens (tertiary/aromatic N) is 1. The number of anilines is 1. The van der Waals surface area contributed by atoms with Gasteiger partial charge in [-0.2, -0.15) is 0 Å². The van der Waals surface area contributed by atoms with Gasteiger partial charge in [-0.25, -0.2) is 0 Å². The predicted molar refractivity (Wildman–Crippen MR) is 102 cm³/mol. The summed E-state index contributed by atoms with van der Waals surface area (Å²) in [6.45, 7) is 3.16. The van der Waals surface area contributed by atoms with Gasteiger partial charge in [0.15, 0.2) is 24.5 Å². The molecule has 0 saturated carbocycles. The summed E-state index contributed by atoms with van der Waals surface area (Å²) in [5.41, 5.74) is 0.397. The maximum Gasteiger partial charge on any atom is 0.303 e. The lowest BCUT2D eigenvalue weighted by molar-refractivity contribution is -0.225. The first-order valence-corrected chi connectivity index (χ1v) is 9.70. The molecule has 30 heavy (non-hydrogen) atoms. The van der Waals surface area contributed by atoms with E-state index in [1.165, 1.54) is 12.1 Å². The molecule has 2 heterocycles. The third-order valence-corrected chi connectivity index (χ3v) is 4.95. The third-order valence-electron chi connectivity index (χ3n) is 4.45. The number of halogens is 1. The van der Waals surface area contributed by atoms with Crippen LogP contribution < -0.4 is 4.90 Å². The van der Waals surface area contributed by atoms with Crippen molar-refractivity contribution < 1.29 is 42.9 Å². The normalized spacial score (nSPS) is 25.5. The van der Waals surface area contributed by atoms with Crippen LogP contribution in [0.4, 0.5) is 5.69 Å². The minimum atomic E-state index is -1.35. The fourth-order valence-electron chi connectivity index (χ4n) is 3.43. The van der Waals surface area contributed by atoms with E-state index in [1.807, 2.05) is 0 Å². The number of carbonyl (C=O) groups excluding carboxylic acids is 5. The number of ketones is 1. The zero-order valence-electron chi connectivity index (χ0n) is 16.2. The highest BCUT2D eigenvalue weighted by molar-refractivity contribution is 9.10. The van der Waals surface area contributed by atoms with Gasteiger partial charge in [-0.15, -0.1) is 0 Å². The summed E-state index contributed by atoms with van der Waals surface area (Å²) >= 11 is 3.25. The summed E-state index contributed by atoms with van der Waals surface area (Å²) in [5.74, 6) is -3.78. The molecule has 4 unspecified atom stereocenters. The molecule has 0 aromatic heterocycles. The quantitative estimate of drug-likeness (QED) is 0.351. The first-order valence-electron chi connectivity index (χ1n) is 8.91. The second-order valence-electron chi connectivity index (χ2n) is 6.69. The molecule has 1 aromatic rings. The summed E-state index contributed by atoms with van der Waals surface area (Å²) < 4.78 is 22.0. The van der Waals surface area contributed by atoms with Crippen molar-refractivity contribution in [2.75, 3.05) is 11.5 Å². The van der Waals surface area contributed by atoms with Gasteiger partial charge in [-0.1, -0.05) is 15.9 Å². The van der Waals surface area contributed by atoms with E-state index in [9.17, 15) is 24.0 Å². The number of rotatable bonds is 4. The van der Waals surface area contributed by atoms with Crippen LogP contribution in [0.5, 0.6) is 0 Å². The predicted octanol–water partition coefficient (Wildman–Crippen LogP) is 1.13. The number of hydrogen-bond acceptors (Lipinski definition) is 9. The number of fused-ring (bicyclic) bond motifs is 1. The molecule has 0 spiro atoms. The Morgan fingerprint density at radius 1 is 1.00 bits per heavy atom. The van der Waals surface area contributed by atoms with Gasteiger partial charge < -0.3 is 18.9 Å². The molecule has 2 aliphatic heterocycles. The number of ether oxygens (including phenoxy) is 4. The molecular weight excluding hydrogens is 466 g/mol. The topological polar surface area (TPSA) is 126 Å². The number of benzene rings is 1. The molecule has 0 radical (unpaired) electrons. The van der Waals surface area contributed by atoms with Crippen LogP contribution in [0.2, 0.25) is 0 Å². The number of amides is 1. The molecule has 0 aliphatic carbocycles. The molecule has 0 bridgehead atoms. The summed E-state index contributed by atoms with van der Waals surface area (Å²) in [6, 6.07) is 4.66. The lowest BCUT2D eigenvalue weighted by Crippen LogP contribution is -2.63. The highest BCUT2D eigenvalue weighted by Gasteiger charge is 2.53. The van der Waals surface area contributed by atoms with E-state index < -0.39 is 54.1 Å². The highest BCUT2D eigenvalue weighted by Crippen LogP contribution is 2.37. The van der Waals surface area contributed by atoms with Gasteiger partial charge in [0, 0.05) is 25.2 Å². The molecule has 10 nitrogen and oxygen atoms in total. The van der Waals surface area contributed by atoms with Crippen molar-refractivity contribution in [1.82, 2.24) is 0 Å². The zero-order chi connectivity index (χ0) is 22.2. The maximum absolute atomic E-state index is 12.7. The van der Waals surface area contributed by atoms with Crippen molar-refractivity contribution >= 4 is 51.2 Å². The van der Waals surface area contributed by atoms with Crippen LogP contribution in [0.15, 0.2) is 22.7 Å². The number of Topliss-reactive ketones (excluding diaryl/α,β-unsaturated/α-hetero) is 1. The van der Waals surface area contributed by atoms with Gasteiger partial charge >= 0.3 is 23.8 Å². The van der Waals surface area contributed by atoms with Crippen LogP contribution in [0.1, 0.15) is 31.1 Å². The van der Waals surface area contributed by atoms with E-state index in [0.717, 1.165) is 25.7 Å². The number of esters is 3. The molecule has 160 valence electrons. The Morgan fingerprint density at radius 3 is 2.20 bits per heavy atom. The first-order chi connectivity index (χ1) is 14.1. The molecule has 1 saturated heterocycles. The second kappa shape index (κ2) is 8.52. The third kappa shape index (κ3) is 4.21. The highest BCUT2D eigenvalue weighted by atomic mass is 79.9. The largest absolute Gasteiger partial charge is 0.456 e. The van der Waals surface area contributed by atoms with Crippen LogP contribution in [0.3, 0.4) is 0 Å². The van der Waals surface area contributed by atoms with E-state index in [0.29, 0.717) is 4.47 Å². The molecule has 11 heteroatoms. The van der Waals surface area contributed by atoms with Crippen molar-refractivity contribution in [2.24, 2.45) is 0 Å². The first kappa shape index (κ1) is 21.9. The molecule has 1 fully saturated rings. The Labute approximate surface area is 179 Å². The van der Waals surface area contributed by atoms with Crippen LogP contribution >= 0.6 is 15.9 Å². The smallest absolute Gasteiger partial charge is 0.303 e. The average Bonchev–Trinajstić information content (AvgIpc) is 2.88. The van der Waals surface area contributed by atoms with Gasteiger partial charge in [0.05, 0.1) is 17.9 Å². The Hall–Kier alpha value is -2.79. The van der Waals surface area contributed by atoms with E-state index in [4.69, 9.17) is 18.9 Å². The second-order valence-corrected chi connectivity index (χ2v) is 7.60. The Bertz CT molecular complexity index is 931. The average molecular weight is 484 g/mol. The molecule has 3 rings (SSSR count). The number of hydrogen-bond donors (Lipinski definition) is 0. The fraction of sp³-hybridized carbons (Fsp3) is 0.421. The minimum absolute atomic E-state index is 0.144. The van der Waals surface area contributed by atoms with E-state index in [-0.39, 0.29) is 17.9 Å². The number of carbonyl (C=O) groups is 5. The lowest BCUT2D eigenvalue weighted by Gasteiger charge is -2.43. The van der Waals surface area contributed by atoms with Gasteiger partial charge in [0.25, 0.3) is 5.78 Å². The molecule has 2 aliphatic rings. The van der Waals surface area contributed by atoms with Gasteiger partial charge in [0.2, 0.25) is 0 Å². The minimum Gasteiger partial charge on any atom is -0.456 e. The summed E-state index contributed by atoms with van der Waals surface area (Å²) in [4.78, 5) is 61.2. The van der Waals surface area contributed by atoms with E-state index >= 15 is 0 Å². The summed E-state index contributed by atoms with van der Waals surface area (Å²) in [5, 5.41) is 0. The van der Waals surface area contributed by atoms with Crippen LogP contribution in [0, 0.1) is 0 Å². The van der Waals surface area contributed by atoms with Gasteiger partial charge in [-0.05, 0) is 18.2 Å². The zero-order valence-corrected chi connectivity index (χ0v) is 17.8. The van der Waals surface area contributed by atoms with Crippen molar-refractivity contribution in [1.29, 1.82) is 0 Å². The molecule has 0 N–H and O–H groups in total. The van der Waals surface area contributed by atoms with Crippen LogP contribution in [-0.4, -0.2) is 60.7 Å².